The van der Waals surface area contributed by atoms with Gasteiger partial charge >= 0.3 is 0 Å². The number of nitrogens with one attached hydrogen (secondary N) is 3. The average Bonchev–Trinajstić information content (AvgIpc) is 2.82. The second-order valence-electron chi connectivity index (χ2n) is 7.17. The fraction of sp³-hybridized carbons (Fsp3) is 0.0400. The molecule has 0 unspecified atom stereocenters. The molecule has 2 amide bonds. The van der Waals surface area contributed by atoms with E-state index in [4.69, 9.17) is 12.2 Å². The number of pyridine rings is 1. The zero-order chi connectivity index (χ0) is 22.5. The molecule has 1 heterocycles. The highest BCUT2D eigenvalue weighted by Crippen LogP contribution is 2.24. The van der Waals surface area contributed by atoms with E-state index >= 15 is 0 Å². The highest BCUT2D eigenvalue weighted by Gasteiger charge is 2.15. The third kappa shape index (κ3) is 4.79. The van der Waals surface area contributed by atoms with Gasteiger partial charge < -0.3 is 0 Å². The first-order valence-electron chi connectivity index (χ1n) is 9.95. The van der Waals surface area contributed by atoms with Crippen LogP contribution in [0.2, 0.25) is 0 Å². The van der Waals surface area contributed by atoms with Crippen molar-refractivity contribution in [2.45, 2.75) is 6.92 Å². The van der Waals surface area contributed by atoms with Crippen LogP contribution in [0.4, 0.5) is 0 Å². The van der Waals surface area contributed by atoms with Gasteiger partial charge in [-0.15, -0.1) is 0 Å². The molecule has 0 aliphatic heterocycles. The molecular formula is C25H20N4O2S. The SMILES string of the molecule is Cc1ccc(C(=O)NNC(=S)NC(=O)c2cc(-c3ccccc3)nc3ccccc23)cc1. The first-order valence-corrected chi connectivity index (χ1v) is 10.4. The zero-order valence-corrected chi connectivity index (χ0v) is 18.1. The van der Waals surface area contributed by atoms with E-state index in [1.54, 1.807) is 18.2 Å². The second kappa shape index (κ2) is 9.36. The van der Waals surface area contributed by atoms with Crippen molar-refractivity contribution in [1.82, 2.24) is 21.2 Å². The third-order valence-electron chi connectivity index (χ3n) is 4.86. The molecule has 4 rings (SSSR count). The summed E-state index contributed by atoms with van der Waals surface area (Å²) in [4.78, 5) is 29.9. The fourth-order valence-electron chi connectivity index (χ4n) is 3.21. The number of fused-ring (bicyclic) bond motifs is 1. The predicted molar refractivity (Wildman–Crippen MR) is 129 cm³/mol. The van der Waals surface area contributed by atoms with E-state index in [9.17, 15) is 9.59 Å². The number of carbonyl (C=O) groups excluding carboxylic acids is 2. The Balaban J connectivity index is 1.51. The molecule has 3 aromatic carbocycles. The van der Waals surface area contributed by atoms with Crippen molar-refractivity contribution >= 4 is 40.0 Å². The van der Waals surface area contributed by atoms with E-state index in [0.717, 1.165) is 11.1 Å². The van der Waals surface area contributed by atoms with Gasteiger partial charge in [0, 0.05) is 16.5 Å². The number of rotatable bonds is 3. The summed E-state index contributed by atoms with van der Waals surface area (Å²) < 4.78 is 0. The minimum Gasteiger partial charge on any atom is -0.298 e. The quantitative estimate of drug-likeness (QED) is 0.329. The van der Waals surface area contributed by atoms with Gasteiger partial charge in [0.2, 0.25) is 0 Å². The van der Waals surface area contributed by atoms with Gasteiger partial charge in [0.05, 0.1) is 16.8 Å². The van der Waals surface area contributed by atoms with Crippen LogP contribution in [-0.2, 0) is 0 Å². The summed E-state index contributed by atoms with van der Waals surface area (Å²) in [6, 6.07) is 25.9. The lowest BCUT2D eigenvalue weighted by atomic mass is 10.0. The summed E-state index contributed by atoms with van der Waals surface area (Å²) in [5.41, 5.74) is 9.31. The van der Waals surface area contributed by atoms with Crippen LogP contribution >= 0.6 is 12.2 Å². The normalized spacial score (nSPS) is 10.4. The standard InChI is InChI=1S/C25H20N4O2S/c1-16-11-13-18(14-12-16)23(30)28-29-25(32)27-24(31)20-15-22(17-7-3-2-4-8-17)26-21-10-6-5-9-19(20)21/h2-15H,1H3,(H,28,30)(H2,27,29,31,32). The van der Waals surface area contributed by atoms with Crippen LogP contribution in [0.3, 0.4) is 0 Å². The molecule has 1 aromatic heterocycles. The Morgan fingerprint density at radius 2 is 1.50 bits per heavy atom. The smallest absolute Gasteiger partial charge is 0.269 e. The Morgan fingerprint density at radius 3 is 2.25 bits per heavy atom. The lowest BCUT2D eigenvalue weighted by Gasteiger charge is -2.13. The predicted octanol–water partition coefficient (Wildman–Crippen LogP) is 4.16. The Labute approximate surface area is 190 Å². The molecule has 0 saturated carbocycles. The maximum absolute atomic E-state index is 13.0. The number of amides is 2. The number of benzene rings is 3. The zero-order valence-electron chi connectivity index (χ0n) is 17.3. The van der Waals surface area contributed by atoms with Gasteiger partial charge in [-0.2, -0.15) is 0 Å². The molecule has 0 saturated heterocycles. The number of para-hydroxylation sites is 1. The van der Waals surface area contributed by atoms with Crippen molar-refractivity contribution in [3.8, 4) is 11.3 Å². The molecule has 0 bridgehead atoms. The molecule has 3 N–H and O–H groups in total. The molecule has 7 heteroatoms. The topological polar surface area (TPSA) is 83.1 Å². The van der Waals surface area contributed by atoms with Gasteiger partial charge in [-0.1, -0.05) is 66.2 Å². The average molecular weight is 441 g/mol. The summed E-state index contributed by atoms with van der Waals surface area (Å²) in [6.45, 7) is 1.94. The Bertz CT molecular complexity index is 1300. The monoisotopic (exact) mass is 440 g/mol. The lowest BCUT2D eigenvalue weighted by Crippen LogP contribution is -2.48. The minimum atomic E-state index is -0.400. The van der Waals surface area contributed by atoms with Gasteiger partial charge in [-0.3, -0.25) is 25.8 Å². The molecule has 158 valence electrons. The third-order valence-corrected chi connectivity index (χ3v) is 5.06. The minimum absolute atomic E-state index is 0.0161. The Morgan fingerprint density at radius 1 is 0.812 bits per heavy atom. The second-order valence-corrected chi connectivity index (χ2v) is 7.57. The molecule has 0 aliphatic rings. The largest absolute Gasteiger partial charge is 0.298 e. The molecule has 0 atom stereocenters. The van der Waals surface area contributed by atoms with Gasteiger partial charge in [0.15, 0.2) is 5.11 Å². The van der Waals surface area contributed by atoms with E-state index in [0.29, 0.717) is 27.7 Å². The molecule has 0 radical (unpaired) electrons. The Kier molecular flexibility index (Phi) is 6.19. The first-order chi connectivity index (χ1) is 15.5. The Hall–Kier alpha value is -4.10. The summed E-state index contributed by atoms with van der Waals surface area (Å²) in [5, 5.41) is 3.31. The van der Waals surface area contributed by atoms with E-state index in [2.05, 4.69) is 21.2 Å². The van der Waals surface area contributed by atoms with Crippen LogP contribution in [0.5, 0.6) is 0 Å². The van der Waals surface area contributed by atoms with Gasteiger partial charge in [-0.25, -0.2) is 4.98 Å². The number of aryl methyl sites for hydroxylation is 1. The van der Waals surface area contributed by atoms with Crippen LogP contribution in [0.25, 0.3) is 22.2 Å². The van der Waals surface area contributed by atoms with Gasteiger partial charge in [0.1, 0.15) is 0 Å². The van der Waals surface area contributed by atoms with Gasteiger partial charge in [-0.05, 0) is 43.4 Å². The maximum Gasteiger partial charge on any atom is 0.269 e. The number of aromatic nitrogens is 1. The summed E-state index contributed by atoms with van der Waals surface area (Å²) in [7, 11) is 0. The molecule has 6 nitrogen and oxygen atoms in total. The number of hydrogen-bond donors (Lipinski definition) is 3. The highest BCUT2D eigenvalue weighted by molar-refractivity contribution is 7.80. The van der Waals surface area contributed by atoms with Crippen LogP contribution in [-0.4, -0.2) is 21.9 Å². The summed E-state index contributed by atoms with van der Waals surface area (Å²) >= 11 is 5.20. The van der Waals surface area contributed by atoms with Crippen molar-refractivity contribution < 1.29 is 9.59 Å². The van der Waals surface area contributed by atoms with Crippen molar-refractivity contribution in [2.24, 2.45) is 0 Å². The summed E-state index contributed by atoms with van der Waals surface area (Å²) in [6.07, 6.45) is 0. The molecule has 32 heavy (non-hydrogen) atoms. The molecule has 0 spiro atoms. The number of hydrazine groups is 1. The van der Waals surface area contributed by atoms with E-state index in [-0.39, 0.29) is 11.0 Å². The van der Waals surface area contributed by atoms with Crippen LogP contribution < -0.4 is 16.2 Å². The van der Waals surface area contributed by atoms with Crippen molar-refractivity contribution in [3.63, 3.8) is 0 Å². The van der Waals surface area contributed by atoms with Crippen molar-refractivity contribution in [1.29, 1.82) is 0 Å². The maximum atomic E-state index is 13.0. The van der Waals surface area contributed by atoms with Gasteiger partial charge in [0.25, 0.3) is 11.8 Å². The molecule has 0 fully saturated rings. The molecule has 0 aliphatic carbocycles. The van der Waals surface area contributed by atoms with Crippen LogP contribution in [0.1, 0.15) is 26.3 Å². The fourth-order valence-corrected chi connectivity index (χ4v) is 3.36. The summed E-state index contributed by atoms with van der Waals surface area (Å²) in [5.74, 6) is -0.759. The van der Waals surface area contributed by atoms with E-state index < -0.39 is 5.91 Å². The molecule has 4 aromatic rings. The molecular weight excluding hydrogens is 420 g/mol. The van der Waals surface area contributed by atoms with Crippen molar-refractivity contribution in [3.05, 3.63) is 102 Å². The van der Waals surface area contributed by atoms with E-state index in [1.165, 1.54) is 0 Å². The van der Waals surface area contributed by atoms with E-state index in [1.807, 2.05) is 73.7 Å². The highest BCUT2D eigenvalue weighted by atomic mass is 32.1. The van der Waals surface area contributed by atoms with Crippen LogP contribution in [0, 0.1) is 6.92 Å². The number of hydrogen-bond acceptors (Lipinski definition) is 4. The lowest BCUT2D eigenvalue weighted by molar-refractivity contribution is 0.0935. The first kappa shape index (κ1) is 21.1. The van der Waals surface area contributed by atoms with Crippen LogP contribution in [0.15, 0.2) is 84.9 Å². The number of carbonyl (C=O) groups is 2. The van der Waals surface area contributed by atoms with Crippen molar-refractivity contribution in [2.75, 3.05) is 0 Å². The number of nitrogens with zero attached hydrogens (tertiary/aromatic N) is 1. The number of thiocarbonyl (C=S) groups is 1.